The third kappa shape index (κ3) is 3.43. The number of aromatic nitrogens is 2. The maximum absolute atomic E-state index is 13.8. The molecule has 0 N–H and O–H groups in total. The summed E-state index contributed by atoms with van der Waals surface area (Å²) in [6.07, 6.45) is 4.39. The number of rotatable bonds is 5. The largest absolute Gasteiger partial charge is 0.370 e. The average molecular weight is 427 g/mol. The van der Waals surface area contributed by atoms with Crippen molar-refractivity contribution in [3.63, 3.8) is 0 Å². The van der Waals surface area contributed by atoms with Gasteiger partial charge in [0.05, 0.1) is 5.52 Å². The fourth-order valence-corrected chi connectivity index (χ4v) is 4.90. The summed E-state index contributed by atoms with van der Waals surface area (Å²) in [4.78, 5) is 5.76. The van der Waals surface area contributed by atoms with Gasteiger partial charge >= 0.3 is 0 Å². The summed E-state index contributed by atoms with van der Waals surface area (Å²) in [6.45, 7) is 2.01. The van der Waals surface area contributed by atoms with Crippen molar-refractivity contribution in [3.05, 3.63) is 89.9 Å². The molecule has 2 aromatic carbocycles. The molecule has 0 spiro atoms. The van der Waals surface area contributed by atoms with Gasteiger partial charge in [-0.3, -0.25) is 4.98 Å². The summed E-state index contributed by atoms with van der Waals surface area (Å²) in [5.74, 6) is -1.83. The monoisotopic (exact) mass is 427 g/mol. The van der Waals surface area contributed by atoms with E-state index in [1.54, 1.807) is 43.3 Å². The van der Waals surface area contributed by atoms with Crippen molar-refractivity contribution >= 4 is 26.6 Å². The molecule has 2 aromatic heterocycles. The minimum absolute atomic E-state index is 0.0853. The van der Waals surface area contributed by atoms with Crippen molar-refractivity contribution in [3.8, 4) is 0 Å². The minimum atomic E-state index is -3.84. The standard InChI is InChI=1S/C22H19F2N3O2S/c1-15-10-19(23)20(24)11-22(15)26(2)13-16-14-27(21-8-4-3-7-18(16)21)30(28,29)17-6-5-9-25-12-17/h3-12,14H,13H2,1-2H3. The molecule has 0 aliphatic heterocycles. The van der Waals surface area contributed by atoms with Crippen molar-refractivity contribution in [2.45, 2.75) is 18.4 Å². The number of para-hydroxylation sites is 1. The molecule has 0 radical (unpaired) electrons. The average Bonchev–Trinajstić information content (AvgIpc) is 3.10. The summed E-state index contributed by atoms with van der Waals surface area (Å²) < 4.78 is 54.8. The number of hydrogen-bond acceptors (Lipinski definition) is 4. The van der Waals surface area contributed by atoms with Gasteiger partial charge in [0.25, 0.3) is 10.0 Å². The second-order valence-electron chi connectivity index (χ2n) is 7.07. The zero-order valence-electron chi connectivity index (χ0n) is 16.4. The number of anilines is 1. The van der Waals surface area contributed by atoms with Crippen LogP contribution in [0, 0.1) is 18.6 Å². The molecule has 0 aliphatic carbocycles. The van der Waals surface area contributed by atoms with Crippen LogP contribution in [-0.4, -0.2) is 24.4 Å². The zero-order valence-corrected chi connectivity index (χ0v) is 17.2. The molecule has 0 fully saturated rings. The van der Waals surface area contributed by atoms with Crippen LogP contribution in [0.3, 0.4) is 0 Å². The van der Waals surface area contributed by atoms with Crippen LogP contribution < -0.4 is 4.90 Å². The highest BCUT2D eigenvalue weighted by atomic mass is 32.2. The molecular weight excluding hydrogens is 408 g/mol. The molecule has 8 heteroatoms. The third-order valence-corrected chi connectivity index (χ3v) is 6.67. The number of hydrogen-bond donors (Lipinski definition) is 0. The quantitative estimate of drug-likeness (QED) is 0.471. The van der Waals surface area contributed by atoms with Crippen molar-refractivity contribution in [1.29, 1.82) is 0 Å². The van der Waals surface area contributed by atoms with Crippen LogP contribution in [0.4, 0.5) is 14.5 Å². The smallest absolute Gasteiger partial charge is 0.269 e. The predicted molar refractivity (Wildman–Crippen MR) is 112 cm³/mol. The minimum Gasteiger partial charge on any atom is -0.370 e. The highest BCUT2D eigenvalue weighted by Crippen LogP contribution is 2.29. The van der Waals surface area contributed by atoms with Crippen LogP contribution in [0.2, 0.25) is 0 Å². The van der Waals surface area contributed by atoms with Crippen LogP contribution in [-0.2, 0) is 16.6 Å². The maximum atomic E-state index is 13.8. The number of benzene rings is 2. The lowest BCUT2D eigenvalue weighted by atomic mass is 10.1. The van der Waals surface area contributed by atoms with Gasteiger partial charge in [0.1, 0.15) is 4.90 Å². The van der Waals surface area contributed by atoms with Gasteiger partial charge in [-0.05, 0) is 42.3 Å². The Morgan fingerprint density at radius 1 is 1.07 bits per heavy atom. The molecule has 30 heavy (non-hydrogen) atoms. The summed E-state index contributed by atoms with van der Waals surface area (Å²) >= 11 is 0. The van der Waals surface area contributed by atoms with Crippen LogP contribution in [0.5, 0.6) is 0 Å². The van der Waals surface area contributed by atoms with E-state index in [0.717, 1.165) is 23.1 Å². The van der Waals surface area contributed by atoms with Crippen LogP contribution >= 0.6 is 0 Å². The van der Waals surface area contributed by atoms with Gasteiger partial charge in [-0.2, -0.15) is 0 Å². The highest BCUT2D eigenvalue weighted by molar-refractivity contribution is 7.90. The van der Waals surface area contributed by atoms with E-state index in [1.165, 1.54) is 22.4 Å². The highest BCUT2D eigenvalue weighted by Gasteiger charge is 2.22. The summed E-state index contributed by atoms with van der Waals surface area (Å²) in [5, 5.41) is 0.761. The lowest BCUT2D eigenvalue weighted by Gasteiger charge is -2.21. The second-order valence-corrected chi connectivity index (χ2v) is 8.88. The maximum Gasteiger partial charge on any atom is 0.269 e. The van der Waals surface area contributed by atoms with E-state index in [9.17, 15) is 17.2 Å². The Morgan fingerprint density at radius 2 is 1.80 bits per heavy atom. The number of nitrogens with zero attached hydrogens (tertiary/aromatic N) is 3. The second kappa shape index (κ2) is 7.53. The number of aryl methyl sites for hydroxylation is 1. The van der Waals surface area contributed by atoms with Gasteiger partial charge < -0.3 is 4.90 Å². The summed E-state index contributed by atoms with van der Waals surface area (Å²) in [5.41, 5.74) is 2.39. The Bertz CT molecular complexity index is 1340. The molecule has 0 atom stereocenters. The topological polar surface area (TPSA) is 55.2 Å². The van der Waals surface area contributed by atoms with Crippen LogP contribution in [0.15, 0.2) is 72.0 Å². The van der Waals surface area contributed by atoms with E-state index in [2.05, 4.69) is 4.98 Å². The van der Waals surface area contributed by atoms with Crippen molar-refractivity contribution in [2.24, 2.45) is 0 Å². The van der Waals surface area contributed by atoms with Gasteiger partial charge in [-0.25, -0.2) is 21.2 Å². The summed E-state index contributed by atoms with van der Waals surface area (Å²) in [6, 6.07) is 12.5. The Morgan fingerprint density at radius 3 is 2.53 bits per heavy atom. The number of fused-ring (bicyclic) bond motifs is 1. The fraction of sp³-hybridized carbons (Fsp3) is 0.136. The third-order valence-electron chi connectivity index (χ3n) is 5.01. The Kier molecular flexibility index (Phi) is 5.03. The lowest BCUT2D eigenvalue weighted by Crippen LogP contribution is -2.18. The van der Waals surface area contributed by atoms with Gasteiger partial charge in [0, 0.05) is 49.3 Å². The van der Waals surface area contributed by atoms with E-state index in [-0.39, 0.29) is 4.90 Å². The SMILES string of the molecule is Cc1cc(F)c(F)cc1N(C)Cc1cn(S(=O)(=O)c2cccnc2)c2ccccc12. The van der Waals surface area contributed by atoms with E-state index in [1.807, 2.05) is 12.1 Å². The fourth-order valence-electron chi connectivity index (χ4n) is 3.54. The number of pyridine rings is 1. The zero-order chi connectivity index (χ0) is 21.5. The summed E-state index contributed by atoms with van der Waals surface area (Å²) in [7, 11) is -2.09. The van der Waals surface area contributed by atoms with Gasteiger partial charge in [-0.1, -0.05) is 18.2 Å². The number of halogens is 2. The van der Waals surface area contributed by atoms with E-state index in [4.69, 9.17) is 0 Å². The molecule has 154 valence electrons. The Labute approximate surface area is 173 Å². The first-order valence-electron chi connectivity index (χ1n) is 9.20. The Hall–Kier alpha value is -3.26. The van der Waals surface area contributed by atoms with Crippen LogP contribution in [0.25, 0.3) is 10.9 Å². The van der Waals surface area contributed by atoms with Gasteiger partial charge in [0.2, 0.25) is 0 Å². The molecule has 2 heterocycles. The molecule has 0 amide bonds. The normalized spacial score (nSPS) is 11.7. The Balaban J connectivity index is 1.79. The first-order valence-corrected chi connectivity index (χ1v) is 10.6. The lowest BCUT2D eigenvalue weighted by molar-refractivity contribution is 0.507. The molecule has 0 bridgehead atoms. The molecule has 0 aliphatic rings. The first-order chi connectivity index (χ1) is 14.3. The van der Waals surface area contributed by atoms with Crippen LogP contribution in [0.1, 0.15) is 11.1 Å². The van der Waals surface area contributed by atoms with Crippen molar-refractivity contribution in [1.82, 2.24) is 8.96 Å². The van der Waals surface area contributed by atoms with E-state index >= 15 is 0 Å². The molecule has 4 rings (SSSR count). The molecule has 0 saturated carbocycles. The predicted octanol–water partition coefficient (Wildman–Crippen LogP) is 4.50. The molecular formula is C22H19F2N3O2S. The van der Waals surface area contributed by atoms with Crippen molar-refractivity contribution in [2.75, 3.05) is 11.9 Å². The molecule has 4 aromatic rings. The van der Waals surface area contributed by atoms with Gasteiger partial charge in [-0.15, -0.1) is 0 Å². The van der Waals surface area contributed by atoms with E-state index in [0.29, 0.717) is 23.3 Å². The molecule has 0 saturated heterocycles. The first kappa shape index (κ1) is 20.0. The molecule has 0 unspecified atom stereocenters. The van der Waals surface area contributed by atoms with E-state index < -0.39 is 21.7 Å². The van der Waals surface area contributed by atoms with Gasteiger partial charge in [0.15, 0.2) is 11.6 Å². The van der Waals surface area contributed by atoms with Crippen molar-refractivity contribution < 1.29 is 17.2 Å². The molecule has 5 nitrogen and oxygen atoms in total.